The predicted octanol–water partition coefficient (Wildman–Crippen LogP) is 1.58. The quantitative estimate of drug-likeness (QED) is 0.491. The molecule has 0 rings (SSSR count). The van der Waals surface area contributed by atoms with Crippen LogP contribution in [0.5, 0.6) is 0 Å². The summed E-state index contributed by atoms with van der Waals surface area (Å²) >= 11 is 1.79. The van der Waals surface area contributed by atoms with Crippen LogP contribution in [0.15, 0.2) is 4.99 Å². The van der Waals surface area contributed by atoms with Crippen molar-refractivity contribution in [1.29, 1.82) is 0 Å². The lowest BCUT2D eigenvalue weighted by molar-refractivity contribution is 0.322. The van der Waals surface area contributed by atoms with Gasteiger partial charge in [0.1, 0.15) is 0 Å². The van der Waals surface area contributed by atoms with Crippen molar-refractivity contribution in [3.63, 3.8) is 0 Å². The van der Waals surface area contributed by atoms with Crippen LogP contribution in [-0.2, 0) is 0 Å². The fourth-order valence-electron chi connectivity index (χ4n) is 0.636. The highest BCUT2D eigenvalue weighted by atomic mass is 32.2. The first kappa shape index (κ1) is 11.0. The Balaban J connectivity index is 2.97. The van der Waals surface area contributed by atoms with Crippen LogP contribution in [0.25, 0.3) is 0 Å². The molecule has 0 bridgehead atoms. The zero-order chi connectivity index (χ0) is 8.53. The molecule has 0 aliphatic carbocycles. The average molecular weight is 175 g/mol. The van der Waals surface area contributed by atoms with E-state index in [0.29, 0.717) is 6.61 Å². The van der Waals surface area contributed by atoms with E-state index in [9.17, 15) is 0 Å². The third kappa shape index (κ3) is 9.98. The summed E-state index contributed by atoms with van der Waals surface area (Å²) in [4.78, 5) is 4.26. The Morgan fingerprint density at radius 2 is 2.09 bits per heavy atom. The highest BCUT2D eigenvalue weighted by molar-refractivity contribution is 7.99. The maximum atomic E-state index is 8.46. The first-order chi connectivity index (χ1) is 5.27. The molecule has 0 aromatic rings. The van der Waals surface area contributed by atoms with Gasteiger partial charge in [0.25, 0.3) is 0 Å². The van der Waals surface area contributed by atoms with Crippen molar-refractivity contribution in [2.45, 2.75) is 20.3 Å². The number of aliphatic hydroxyl groups is 1. The third-order valence-corrected chi connectivity index (χ3v) is 2.16. The van der Waals surface area contributed by atoms with E-state index in [1.807, 2.05) is 13.8 Å². The van der Waals surface area contributed by atoms with Gasteiger partial charge in [-0.15, -0.1) is 0 Å². The van der Waals surface area contributed by atoms with Crippen LogP contribution in [0.1, 0.15) is 20.3 Å². The third-order valence-electron chi connectivity index (χ3n) is 1.11. The molecule has 0 aromatic carbocycles. The van der Waals surface area contributed by atoms with Gasteiger partial charge in [-0.3, -0.25) is 4.99 Å². The van der Waals surface area contributed by atoms with Crippen molar-refractivity contribution in [2.75, 3.05) is 24.7 Å². The Kier molecular flexibility index (Phi) is 8.07. The first-order valence-electron chi connectivity index (χ1n) is 3.93. The highest BCUT2D eigenvalue weighted by Crippen LogP contribution is 2.00. The molecular weight excluding hydrogens is 158 g/mol. The van der Waals surface area contributed by atoms with E-state index in [2.05, 4.69) is 4.99 Å². The Morgan fingerprint density at radius 3 is 2.64 bits per heavy atom. The highest BCUT2D eigenvalue weighted by Gasteiger charge is 1.87. The standard InChI is InChI=1S/C8H17NOS/c1-8(2)9-4-3-6-11-7-5-10/h10H,3-7H2,1-2H3. The van der Waals surface area contributed by atoms with Crippen LogP contribution in [0.2, 0.25) is 0 Å². The molecule has 11 heavy (non-hydrogen) atoms. The van der Waals surface area contributed by atoms with Crippen molar-refractivity contribution in [3.8, 4) is 0 Å². The number of aliphatic imine (C=N–C) groups is 1. The van der Waals surface area contributed by atoms with Gasteiger partial charge in [-0.1, -0.05) is 0 Å². The second-order valence-corrected chi connectivity index (χ2v) is 3.74. The molecule has 0 spiro atoms. The summed E-state index contributed by atoms with van der Waals surface area (Å²) in [6.07, 6.45) is 1.12. The summed E-state index contributed by atoms with van der Waals surface area (Å²) in [5.74, 6) is 1.96. The van der Waals surface area contributed by atoms with Crippen molar-refractivity contribution < 1.29 is 5.11 Å². The van der Waals surface area contributed by atoms with Gasteiger partial charge in [0.15, 0.2) is 0 Å². The summed E-state index contributed by atoms with van der Waals surface area (Å²) in [5.41, 5.74) is 1.15. The molecule has 0 aromatic heterocycles. The Morgan fingerprint density at radius 1 is 1.36 bits per heavy atom. The van der Waals surface area contributed by atoms with Gasteiger partial charge in [0.05, 0.1) is 6.61 Å². The van der Waals surface area contributed by atoms with Crippen LogP contribution in [0, 0.1) is 0 Å². The van der Waals surface area contributed by atoms with E-state index in [0.717, 1.165) is 30.2 Å². The fraction of sp³-hybridized carbons (Fsp3) is 0.875. The number of thioether (sulfide) groups is 1. The first-order valence-corrected chi connectivity index (χ1v) is 5.09. The van der Waals surface area contributed by atoms with E-state index < -0.39 is 0 Å². The minimum absolute atomic E-state index is 0.292. The Bertz CT molecular complexity index is 111. The van der Waals surface area contributed by atoms with Crippen LogP contribution < -0.4 is 0 Å². The van der Waals surface area contributed by atoms with Gasteiger partial charge in [0, 0.05) is 18.0 Å². The minimum atomic E-state index is 0.292. The number of hydrogen-bond acceptors (Lipinski definition) is 3. The maximum absolute atomic E-state index is 8.46. The van der Waals surface area contributed by atoms with Crippen LogP contribution in [0.3, 0.4) is 0 Å². The van der Waals surface area contributed by atoms with Gasteiger partial charge in [-0.05, 0) is 26.0 Å². The lowest BCUT2D eigenvalue weighted by Gasteiger charge is -1.96. The summed E-state index contributed by atoms with van der Waals surface area (Å²) in [6, 6.07) is 0. The second kappa shape index (κ2) is 8.08. The summed E-state index contributed by atoms with van der Waals surface area (Å²) in [5, 5.41) is 8.46. The minimum Gasteiger partial charge on any atom is -0.396 e. The largest absolute Gasteiger partial charge is 0.396 e. The van der Waals surface area contributed by atoms with Gasteiger partial charge < -0.3 is 5.11 Å². The molecule has 0 saturated carbocycles. The van der Waals surface area contributed by atoms with E-state index >= 15 is 0 Å². The average Bonchev–Trinajstić information content (AvgIpc) is 1.96. The molecule has 0 unspecified atom stereocenters. The topological polar surface area (TPSA) is 32.6 Å². The van der Waals surface area contributed by atoms with Crippen molar-refractivity contribution >= 4 is 17.5 Å². The number of aliphatic hydroxyl groups excluding tert-OH is 1. The molecule has 2 nitrogen and oxygen atoms in total. The second-order valence-electron chi connectivity index (χ2n) is 2.52. The van der Waals surface area contributed by atoms with E-state index in [1.54, 1.807) is 11.8 Å². The Labute approximate surface area is 73.1 Å². The molecule has 1 N–H and O–H groups in total. The lowest BCUT2D eigenvalue weighted by atomic mass is 10.4. The zero-order valence-corrected chi connectivity index (χ0v) is 8.15. The molecular formula is C8H17NOS. The van der Waals surface area contributed by atoms with Crippen LogP contribution >= 0.6 is 11.8 Å². The lowest BCUT2D eigenvalue weighted by Crippen LogP contribution is -1.92. The molecule has 0 saturated heterocycles. The van der Waals surface area contributed by atoms with Crippen molar-refractivity contribution in [1.82, 2.24) is 0 Å². The van der Waals surface area contributed by atoms with Gasteiger partial charge in [-0.25, -0.2) is 0 Å². The number of hydrogen-bond donors (Lipinski definition) is 1. The monoisotopic (exact) mass is 175 g/mol. The number of rotatable bonds is 6. The van der Waals surface area contributed by atoms with Gasteiger partial charge in [-0.2, -0.15) is 11.8 Å². The molecule has 0 aliphatic rings. The van der Waals surface area contributed by atoms with Crippen molar-refractivity contribution in [2.24, 2.45) is 4.99 Å². The van der Waals surface area contributed by atoms with E-state index in [4.69, 9.17) is 5.11 Å². The maximum Gasteiger partial charge on any atom is 0.0521 e. The molecule has 0 atom stereocenters. The Hall–Kier alpha value is -0.0200. The fourth-order valence-corrected chi connectivity index (χ4v) is 1.30. The molecule has 0 radical (unpaired) electrons. The molecule has 0 aliphatic heterocycles. The predicted molar refractivity (Wildman–Crippen MR) is 52.7 cm³/mol. The van der Waals surface area contributed by atoms with Gasteiger partial charge >= 0.3 is 0 Å². The molecule has 0 fully saturated rings. The SMILES string of the molecule is CC(C)=NCCCSCCO. The molecule has 66 valence electrons. The van der Waals surface area contributed by atoms with E-state index in [-0.39, 0.29) is 0 Å². The summed E-state index contributed by atoms with van der Waals surface area (Å²) < 4.78 is 0. The van der Waals surface area contributed by atoms with Crippen LogP contribution in [0.4, 0.5) is 0 Å². The summed E-state index contributed by atoms with van der Waals surface area (Å²) in [6.45, 7) is 5.25. The van der Waals surface area contributed by atoms with Gasteiger partial charge in [0.2, 0.25) is 0 Å². The number of nitrogens with zero attached hydrogens (tertiary/aromatic N) is 1. The zero-order valence-electron chi connectivity index (χ0n) is 7.34. The van der Waals surface area contributed by atoms with Crippen LogP contribution in [-0.4, -0.2) is 35.5 Å². The summed E-state index contributed by atoms with van der Waals surface area (Å²) in [7, 11) is 0. The molecule has 0 amide bonds. The normalized spacial score (nSPS) is 9.73. The molecule has 3 heteroatoms. The molecule has 0 heterocycles. The van der Waals surface area contributed by atoms with E-state index in [1.165, 1.54) is 0 Å². The van der Waals surface area contributed by atoms with Crippen molar-refractivity contribution in [3.05, 3.63) is 0 Å². The smallest absolute Gasteiger partial charge is 0.0521 e.